The Kier molecular flexibility index (Phi) is 4.52. The maximum absolute atomic E-state index is 11.3. The molecule has 3 nitrogen and oxygen atoms in total. The van der Waals surface area contributed by atoms with Gasteiger partial charge < -0.3 is 0 Å². The Bertz CT molecular complexity index is 376. The number of rotatable bonds is 5. The van der Waals surface area contributed by atoms with Gasteiger partial charge in [-0.05, 0) is 36.6 Å². The molecule has 0 saturated carbocycles. The van der Waals surface area contributed by atoms with Crippen LogP contribution in [0.25, 0.3) is 0 Å². The summed E-state index contributed by atoms with van der Waals surface area (Å²) < 4.78 is 26.9. The van der Waals surface area contributed by atoms with E-state index in [0.29, 0.717) is 5.75 Å². The number of hydrogen-bond donors (Lipinski definition) is 0. The third kappa shape index (κ3) is 3.72. The predicted octanol–water partition coefficient (Wildman–Crippen LogP) is 2.16. The molecule has 0 bridgehead atoms. The lowest BCUT2D eigenvalue weighted by molar-refractivity contribution is 0.606. The molecular weight excluding hydrogens is 250 g/mol. The predicted molar refractivity (Wildman–Crippen MR) is 70.4 cm³/mol. The van der Waals surface area contributed by atoms with Crippen LogP contribution in [0.4, 0.5) is 0 Å². The lowest BCUT2D eigenvalue weighted by Crippen LogP contribution is -2.13. The molecule has 0 N–H and O–H groups in total. The summed E-state index contributed by atoms with van der Waals surface area (Å²) in [6.45, 7) is 3.30. The second kappa shape index (κ2) is 5.25. The van der Waals surface area contributed by atoms with Crippen molar-refractivity contribution in [3.63, 3.8) is 0 Å². The summed E-state index contributed by atoms with van der Waals surface area (Å²) >= 11 is 4.63. The van der Waals surface area contributed by atoms with Crippen LogP contribution in [-0.2, 0) is 9.84 Å². The standard InChI is InChI=1S/C9H15NO2S3/c1-2-15(11,12)8-7-14(10-9-13)5-3-4-6-14/h2H,1,3-8H2. The highest BCUT2D eigenvalue weighted by atomic mass is 32.3. The van der Waals surface area contributed by atoms with Gasteiger partial charge in [0.15, 0.2) is 9.84 Å². The second-order valence-electron chi connectivity index (χ2n) is 3.54. The van der Waals surface area contributed by atoms with Crippen LogP contribution in [-0.4, -0.2) is 36.6 Å². The molecule has 1 fully saturated rings. The summed E-state index contributed by atoms with van der Waals surface area (Å²) in [5.41, 5.74) is 0. The molecule has 0 spiro atoms. The molecule has 1 rings (SSSR count). The van der Waals surface area contributed by atoms with E-state index in [4.69, 9.17) is 0 Å². The van der Waals surface area contributed by atoms with Crippen LogP contribution in [0.1, 0.15) is 12.8 Å². The summed E-state index contributed by atoms with van der Waals surface area (Å²) in [6, 6.07) is 0. The van der Waals surface area contributed by atoms with Gasteiger partial charge in [-0.2, -0.15) is 4.40 Å². The summed E-state index contributed by atoms with van der Waals surface area (Å²) in [5.74, 6) is 2.77. The van der Waals surface area contributed by atoms with Gasteiger partial charge in [0.25, 0.3) is 0 Å². The molecule has 1 aliphatic heterocycles. The highest BCUT2D eigenvalue weighted by Gasteiger charge is 2.28. The number of hydrogen-bond acceptors (Lipinski definition) is 4. The second-order valence-corrected chi connectivity index (χ2v) is 9.19. The van der Waals surface area contributed by atoms with Crippen LogP contribution in [0.5, 0.6) is 0 Å². The highest BCUT2D eigenvalue weighted by molar-refractivity contribution is 8.33. The van der Waals surface area contributed by atoms with Gasteiger partial charge in [0, 0.05) is 11.2 Å². The molecule has 0 aromatic carbocycles. The smallest absolute Gasteiger partial charge is 0.171 e. The maximum Gasteiger partial charge on any atom is 0.171 e. The van der Waals surface area contributed by atoms with Crippen LogP contribution >= 0.6 is 22.4 Å². The molecule has 0 atom stereocenters. The minimum absolute atomic E-state index is 0.145. The van der Waals surface area contributed by atoms with Gasteiger partial charge in [-0.15, -0.1) is 10.2 Å². The van der Waals surface area contributed by atoms with Crippen molar-refractivity contribution >= 4 is 37.4 Å². The van der Waals surface area contributed by atoms with Gasteiger partial charge in [-0.1, -0.05) is 6.58 Å². The first-order valence-electron chi connectivity index (χ1n) is 4.74. The van der Waals surface area contributed by atoms with E-state index in [1.165, 1.54) is 0 Å². The Labute approximate surface area is 98.0 Å². The summed E-state index contributed by atoms with van der Waals surface area (Å²) in [4.78, 5) is 0. The average molecular weight is 265 g/mol. The van der Waals surface area contributed by atoms with E-state index in [-0.39, 0.29) is 5.75 Å². The van der Waals surface area contributed by atoms with Crippen LogP contribution in [0.3, 0.4) is 0 Å². The largest absolute Gasteiger partial charge is 0.224 e. The van der Waals surface area contributed by atoms with Crippen molar-refractivity contribution < 1.29 is 8.42 Å². The molecule has 0 unspecified atom stereocenters. The summed E-state index contributed by atoms with van der Waals surface area (Å²) in [6.07, 6.45) is 2.26. The minimum Gasteiger partial charge on any atom is -0.224 e. The van der Waals surface area contributed by atoms with Crippen LogP contribution < -0.4 is 0 Å². The van der Waals surface area contributed by atoms with Crippen molar-refractivity contribution in [3.05, 3.63) is 12.0 Å². The SMILES string of the molecule is C=CS(=O)(=O)CCS1(N=C=S)CCCC1. The molecule has 0 amide bonds. The Morgan fingerprint density at radius 1 is 1.47 bits per heavy atom. The first-order valence-corrected chi connectivity index (χ1v) is 8.96. The average Bonchev–Trinajstić information content (AvgIpc) is 2.65. The minimum atomic E-state index is -3.10. The van der Waals surface area contributed by atoms with Crippen molar-refractivity contribution in [1.29, 1.82) is 0 Å². The molecule has 0 radical (unpaired) electrons. The monoisotopic (exact) mass is 265 g/mol. The van der Waals surface area contributed by atoms with Gasteiger partial charge in [-0.25, -0.2) is 8.42 Å². The van der Waals surface area contributed by atoms with E-state index in [9.17, 15) is 8.42 Å². The Hall–Kier alpha value is -0.160. The molecule has 6 heteroatoms. The van der Waals surface area contributed by atoms with E-state index < -0.39 is 20.1 Å². The van der Waals surface area contributed by atoms with Crippen molar-refractivity contribution in [2.45, 2.75) is 12.8 Å². The fourth-order valence-electron chi connectivity index (χ4n) is 1.62. The molecule has 86 valence electrons. The van der Waals surface area contributed by atoms with E-state index in [0.717, 1.165) is 29.8 Å². The van der Waals surface area contributed by atoms with Gasteiger partial charge in [0.1, 0.15) is 0 Å². The van der Waals surface area contributed by atoms with Crippen molar-refractivity contribution in [1.82, 2.24) is 0 Å². The van der Waals surface area contributed by atoms with Gasteiger partial charge >= 0.3 is 0 Å². The molecular formula is C9H15NO2S3. The quantitative estimate of drug-likeness (QED) is 0.565. The number of sulfone groups is 1. The normalized spacial score (nSPS) is 21.6. The summed E-state index contributed by atoms with van der Waals surface area (Å²) in [7, 11) is -4.27. The molecule has 0 aliphatic carbocycles. The number of thiocarbonyl (C=S) groups is 1. The third-order valence-electron chi connectivity index (χ3n) is 2.53. The van der Waals surface area contributed by atoms with Gasteiger partial charge in [0.2, 0.25) is 0 Å². The van der Waals surface area contributed by atoms with Crippen molar-refractivity contribution in [2.24, 2.45) is 4.40 Å². The Morgan fingerprint density at radius 3 is 2.53 bits per heavy atom. The molecule has 1 saturated heterocycles. The third-order valence-corrected chi connectivity index (χ3v) is 7.82. The first kappa shape index (κ1) is 12.9. The molecule has 1 heterocycles. The zero-order chi connectivity index (χ0) is 11.4. The van der Waals surface area contributed by atoms with Gasteiger partial charge in [-0.3, -0.25) is 0 Å². The van der Waals surface area contributed by atoms with E-state index >= 15 is 0 Å². The zero-order valence-corrected chi connectivity index (χ0v) is 11.0. The van der Waals surface area contributed by atoms with Crippen LogP contribution in [0.2, 0.25) is 0 Å². The fourth-order valence-corrected chi connectivity index (χ4v) is 6.96. The molecule has 15 heavy (non-hydrogen) atoms. The first-order chi connectivity index (χ1) is 7.04. The van der Waals surface area contributed by atoms with E-state index in [2.05, 4.69) is 28.4 Å². The zero-order valence-electron chi connectivity index (χ0n) is 8.52. The number of nitrogens with zero attached hydrogens (tertiary/aromatic N) is 1. The lowest BCUT2D eigenvalue weighted by Gasteiger charge is -2.28. The molecule has 1 aliphatic rings. The molecule has 0 aromatic rings. The van der Waals surface area contributed by atoms with E-state index in [1.54, 1.807) is 0 Å². The van der Waals surface area contributed by atoms with E-state index in [1.807, 2.05) is 0 Å². The lowest BCUT2D eigenvalue weighted by atomic mass is 10.4. The van der Waals surface area contributed by atoms with Crippen molar-refractivity contribution in [3.8, 4) is 0 Å². The Morgan fingerprint density at radius 2 is 2.07 bits per heavy atom. The summed E-state index contributed by atoms with van der Waals surface area (Å²) in [5, 5.41) is 3.45. The van der Waals surface area contributed by atoms with Gasteiger partial charge in [0.05, 0.1) is 10.9 Å². The highest BCUT2D eigenvalue weighted by Crippen LogP contribution is 2.54. The van der Waals surface area contributed by atoms with Crippen LogP contribution in [0.15, 0.2) is 16.4 Å². The fraction of sp³-hybridized carbons (Fsp3) is 0.667. The van der Waals surface area contributed by atoms with Crippen LogP contribution in [0, 0.1) is 0 Å². The molecule has 0 aromatic heterocycles. The van der Waals surface area contributed by atoms with Crippen molar-refractivity contribution in [2.75, 3.05) is 23.0 Å². The topological polar surface area (TPSA) is 46.5 Å². The maximum atomic E-state index is 11.3. The Balaban J connectivity index is 2.69. The number of isothiocyanates is 1.